The largest absolute Gasteiger partial charge is 0.411 e. The summed E-state index contributed by atoms with van der Waals surface area (Å²) in [6, 6.07) is 0. The first kappa shape index (κ1) is 12.0. The van der Waals surface area contributed by atoms with Crippen molar-refractivity contribution in [3.63, 3.8) is 0 Å². The molecule has 86 valence electrons. The zero-order valence-corrected chi connectivity index (χ0v) is 9.57. The molecule has 1 heterocycles. The fourth-order valence-corrected chi connectivity index (χ4v) is 1.95. The van der Waals surface area contributed by atoms with Crippen LogP contribution in [-0.2, 0) is 4.79 Å². The van der Waals surface area contributed by atoms with Crippen molar-refractivity contribution < 1.29 is 10.0 Å². The van der Waals surface area contributed by atoms with Crippen LogP contribution in [-0.4, -0.2) is 34.8 Å². The van der Waals surface area contributed by atoms with Crippen molar-refractivity contribution in [3.8, 4) is 0 Å². The SMILES string of the molecule is CCCC(C)C(=O)N1CCC(=NO)CC1. The van der Waals surface area contributed by atoms with Crippen molar-refractivity contribution >= 4 is 11.6 Å². The van der Waals surface area contributed by atoms with Gasteiger partial charge in [-0.25, -0.2) is 0 Å². The van der Waals surface area contributed by atoms with Gasteiger partial charge in [-0.2, -0.15) is 0 Å². The fraction of sp³-hybridized carbons (Fsp3) is 0.818. The molecule has 0 saturated carbocycles. The topological polar surface area (TPSA) is 52.9 Å². The van der Waals surface area contributed by atoms with E-state index in [4.69, 9.17) is 5.21 Å². The third-order valence-electron chi connectivity index (χ3n) is 2.94. The molecule has 0 aromatic rings. The molecule has 4 nitrogen and oxygen atoms in total. The Morgan fingerprint density at radius 2 is 2.13 bits per heavy atom. The maximum Gasteiger partial charge on any atom is 0.225 e. The molecule has 0 spiro atoms. The molecular formula is C11H20N2O2. The predicted molar refractivity (Wildman–Crippen MR) is 59.1 cm³/mol. The van der Waals surface area contributed by atoms with Crippen LogP contribution in [0.15, 0.2) is 5.16 Å². The minimum Gasteiger partial charge on any atom is -0.411 e. The van der Waals surface area contributed by atoms with Crippen molar-refractivity contribution in [3.05, 3.63) is 0 Å². The van der Waals surface area contributed by atoms with Gasteiger partial charge >= 0.3 is 0 Å². The highest BCUT2D eigenvalue weighted by Crippen LogP contribution is 2.14. The van der Waals surface area contributed by atoms with Crippen LogP contribution in [0, 0.1) is 5.92 Å². The van der Waals surface area contributed by atoms with E-state index < -0.39 is 0 Å². The van der Waals surface area contributed by atoms with Crippen LogP contribution < -0.4 is 0 Å². The van der Waals surface area contributed by atoms with E-state index in [9.17, 15) is 4.79 Å². The Hall–Kier alpha value is -1.06. The third-order valence-corrected chi connectivity index (χ3v) is 2.94. The van der Waals surface area contributed by atoms with Gasteiger partial charge in [-0.1, -0.05) is 25.4 Å². The lowest BCUT2D eigenvalue weighted by atomic mass is 10.0. The Kier molecular flexibility index (Phi) is 4.59. The first-order chi connectivity index (χ1) is 7.19. The second-order valence-corrected chi connectivity index (χ2v) is 4.18. The highest BCUT2D eigenvalue weighted by atomic mass is 16.4. The second kappa shape index (κ2) is 5.73. The minimum atomic E-state index is 0.127. The van der Waals surface area contributed by atoms with Crippen LogP contribution in [0.25, 0.3) is 0 Å². The van der Waals surface area contributed by atoms with Gasteiger partial charge in [0.15, 0.2) is 0 Å². The van der Waals surface area contributed by atoms with E-state index in [1.54, 1.807) is 0 Å². The number of hydrogen-bond donors (Lipinski definition) is 1. The molecule has 1 aliphatic heterocycles. The second-order valence-electron chi connectivity index (χ2n) is 4.18. The van der Waals surface area contributed by atoms with E-state index in [1.807, 2.05) is 11.8 Å². The summed E-state index contributed by atoms with van der Waals surface area (Å²) in [4.78, 5) is 13.8. The van der Waals surface area contributed by atoms with Crippen LogP contribution in [0.2, 0.25) is 0 Å². The van der Waals surface area contributed by atoms with Crippen LogP contribution in [0.5, 0.6) is 0 Å². The molecule has 1 fully saturated rings. The zero-order valence-electron chi connectivity index (χ0n) is 9.57. The molecule has 1 aliphatic rings. The number of rotatable bonds is 3. The van der Waals surface area contributed by atoms with Gasteiger partial charge in [-0.3, -0.25) is 4.79 Å². The summed E-state index contributed by atoms with van der Waals surface area (Å²) >= 11 is 0. The highest BCUT2D eigenvalue weighted by molar-refractivity contribution is 5.87. The van der Waals surface area contributed by atoms with Crippen LogP contribution in [0.1, 0.15) is 39.5 Å². The zero-order chi connectivity index (χ0) is 11.3. The number of likely N-dealkylation sites (tertiary alicyclic amines) is 1. The summed E-state index contributed by atoms with van der Waals surface area (Å²) in [6.07, 6.45) is 3.42. The number of oxime groups is 1. The summed E-state index contributed by atoms with van der Waals surface area (Å²) < 4.78 is 0. The summed E-state index contributed by atoms with van der Waals surface area (Å²) in [5.41, 5.74) is 0.808. The first-order valence-electron chi connectivity index (χ1n) is 5.67. The van der Waals surface area contributed by atoms with Gasteiger partial charge < -0.3 is 10.1 Å². The van der Waals surface area contributed by atoms with Gasteiger partial charge in [-0.15, -0.1) is 0 Å². The van der Waals surface area contributed by atoms with E-state index in [1.165, 1.54) is 0 Å². The normalized spacial score (nSPS) is 18.8. The maximum atomic E-state index is 11.9. The van der Waals surface area contributed by atoms with E-state index in [0.717, 1.165) is 18.6 Å². The number of carbonyl (C=O) groups is 1. The monoisotopic (exact) mass is 212 g/mol. The van der Waals surface area contributed by atoms with Crippen molar-refractivity contribution in [1.29, 1.82) is 0 Å². The van der Waals surface area contributed by atoms with Crippen molar-refractivity contribution in [2.75, 3.05) is 13.1 Å². The molecule has 1 saturated heterocycles. The highest BCUT2D eigenvalue weighted by Gasteiger charge is 2.23. The Balaban J connectivity index is 2.42. The summed E-state index contributed by atoms with van der Waals surface area (Å²) in [5, 5.41) is 11.8. The number of carbonyl (C=O) groups excluding carboxylic acids is 1. The van der Waals surface area contributed by atoms with E-state index in [2.05, 4.69) is 12.1 Å². The average molecular weight is 212 g/mol. The molecule has 0 radical (unpaired) electrons. The molecular weight excluding hydrogens is 192 g/mol. The molecule has 0 bridgehead atoms. The Labute approximate surface area is 90.9 Å². The fourth-order valence-electron chi connectivity index (χ4n) is 1.95. The number of piperidine rings is 1. The van der Waals surface area contributed by atoms with E-state index in [-0.39, 0.29) is 11.8 Å². The van der Waals surface area contributed by atoms with Crippen LogP contribution in [0.3, 0.4) is 0 Å². The number of nitrogens with zero attached hydrogens (tertiary/aromatic N) is 2. The van der Waals surface area contributed by atoms with Crippen molar-refractivity contribution in [1.82, 2.24) is 4.90 Å². The molecule has 1 rings (SSSR count). The molecule has 1 amide bonds. The average Bonchev–Trinajstić information content (AvgIpc) is 2.28. The summed E-state index contributed by atoms with van der Waals surface area (Å²) in [7, 11) is 0. The summed E-state index contributed by atoms with van der Waals surface area (Å²) in [5.74, 6) is 0.372. The standard InChI is InChI=1S/C11H20N2O2/c1-3-4-9(2)11(14)13-7-5-10(12-15)6-8-13/h9,15H,3-8H2,1-2H3. The van der Waals surface area contributed by atoms with Gasteiger partial charge in [0.2, 0.25) is 5.91 Å². The van der Waals surface area contributed by atoms with E-state index in [0.29, 0.717) is 25.9 Å². The molecule has 1 unspecified atom stereocenters. The molecule has 15 heavy (non-hydrogen) atoms. The predicted octanol–water partition coefficient (Wildman–Crippen LogP) is 1.88. The van der Waals surface area contributed by atoms with Crippen LogP contribution >= 0.6 is 0 Å². The third kappa shape index (κ3) is 3.22. The Bertz CT molecular complexity index is 241. The molecule has 1 atom stereocenters. The van der Waals surface area contributed by atoms with Crippen molar-refractivity contribution in [2.24, 2.45) is 11.1 Å². The summed E-state index contributed by atoms with van der Waals surface area (Å²) in [6.45, 7) is 5.48. The first-order valence-corrected chi connectivity index (χ1v) is 5.67. The molecule has 0 aromatic carbocycles. The maximum absolute atomic E-state index is 11.9. The molecule has 4 heteroatoms. The minimum absolute atomic E-state index is 0.127. The lowest BCUT2D eigenvalue weighted by Crippen LogP contribution is -2.41. The van der Waals surface area contributed by atoms with Gasteiger partial charge in [0.1, 0.15) is 0 Å². The van der Waals surface area contributed by atoms with Gasteiger partial charge in [0.05, 0.1) is 5.71 Å². The van der Waals surface area contributed by atoms with Gasteiger partial charge in [0, 0.05) is 31.8 Å². The number of hydrogen-bond acceptors (Lipinski definition) is 3. The van der Waals surface area contributed by atoms with Crippen molar-refractivity contribution in [2.45, 2.75) is 39.5 Å². The van der Waals surface area contributed by atoms with Crippen LogP contribution in [0.4, 0.5) is 0 Å². The quantitative estimate of drug-likeness (QED) is 0.573. The molecule has 0 aromatic heterocycles. The van der Waals surface area contributed by atoms with Gasteiger partial charge in [-0.05, 0) is 6.42 Å². The smallest absolute Gasteiger partial charge is 0.225 e. The Morgan fingerprint density at radius 3 is 2.60 bits per heavy atom. The Morgan fingerprint density at radius 1 is 1.53 bits per heavy atom. The van der Waals surface area contributed by atoms with Gasteiger partial charge in [0.25, 0.3) is 0 Å². The molecule has 0 aliphatic carbocycles. The number of amides is 1. The lowest BCUT2D eigenvalue weighted by Gasteiger charge is -2.29. The molecule has 1 N–H and O–H groups in total. The lowest BCUT2D eigenvalue weighted by molar-refractivity contribution is -0.135. The van der Waals surface area contributed by atoms with E-state index >= 15 is 0 Å².